The summed E-state index contributed by atoms with van der Waals surface area (Å²) in [6.45, 7) is 4.85. The minimum atomic E-state index is 0.854. The van der Waals surface area contributed by atoms with E-state index in [9.17, 15) is 0 Å². The molecule has 0 unspecified atom stereocenters. The number of nitrogens with zero attached hydrogens (tertiary/aromatic N) is 3. The lowest BCUT2D eigenvalue weighted by Crippen LogP contribution is -2.35. The van der Waals surface area contributed by atoms with E-state index in [2.05, 4.69) is 27.6 Å². The van der Waals surface area contributed by atoms with Gasteiger partial charge in [-0.2, -0.15) is 5.10 Å². The molecule has 0 saturated carbocycles. The number of hydrogen-bond donors (Lipinski definition) is 2. The maximum atomic E-state index is 4.32. The molecule has 2 N–H and O–H groups in total. The number of nitrogens with one attached hydrogen (secondary N) is 2. The van der Waals surface area contributed by atoms with Crippen molar-refractivity contribution in [3.63, 3.8) is 0 Å². The first kappa shape index (κ1) is 9.05. The lowest BCUT2D eigenvalue weighted by Gasteiger charge is -2.14. The van der Waals surface area contributed by atoms with Gasteiger partial charge in [0.1, 0.15) is 0 Å². The molecule has 0 amide bonds. The lowest BCUT2D eigenvalue weighted by molar-refractivity contribution is 0.660. The van der Waals surface area contributed by atoms with Crippen LogP contribution in [0, 0.1) is 0 Å². The Balaban J connectivity index is 1.99. The monoisotopic (exact) mass is 193 g/mol. The van der Waals surface area contributed by atoms with Gasteiger partial charge in [0.25, 0.3) is 0 Å². The predicted molar refractivity (Wildman–Crippen MR) is 56.4 cm³/mol. The highest BCUT2D eigenvalue weighted by molar-refractivity contribution is 5.93. The van der Waals surface area contributed by atoms with Crippen molar-refractivity contribution in [2.24, 2.45) is 4.99 Å². The van der Waals surface area contributed by atoms with Crippen LogP contribution in [-0.4, -0.2) is 28.8 Å². The lowest BCUT2D eigenvalue weighted by atomic mass is 10.4. The van der Waals surface area contributed by atoms with Crippen molar-refractivity contribution in [1.29, 1.82) is 0 Å². The zero-order chi connectivity index (χ0) is 9.80. The number of hydrogen-bond acceptors (Lipinski definition) is 4. The van der Waals surface area contributed by atoms with Gasteiger partial charge in [-0.15, -0.1) is 0 Å². The Bertz CT molecular complexity index is 328. The Hall–Kier alpha value is -1.52. The molecule has 1 aliphatic heterocycles. The largest absolute Gasteiger partial charge is 0.356 e. The second-order valence-electron chi connectivity index (χ2n) is 3.22. The molecule has 14 heavy (non-hydrogen) atoms. The first-order valence-corrected chi connectivity index (χ1v) is 4.96. The molecule has 1 aromatic heterocycles. The summed E-state index contributed by atoms with van der Waals surface area (Å²) < 4.78 is 1.88. The second kappa shape index (κ2) is 4.13. The topological polar surface area (TPSA) is 54.2 Å². The molecule has 0 saturated heterocycles. The molecule has 5 nitrogen and oxygen atoms in total. The number of aromatic nitrogens is 2. The fourth-order valence-corrected chi connectivity index (χ4v) is 1.35. The summed E-state index contributed by atoms with van der Waals surface area (Å²) in [5, 5.41) is 10.6. The third-order valence-electron chi connectivity index (χ3n) is 2.12. The number of rotatable bonds is 2. The minimum absolute atomic E-state index is 0.854. The van der Waals surface area contributed by atoms with Crippen LogP contribution in [0.25, 0.3) is 0 Å². The van der Waals surface area contributed by atoms with Gasteiger partial charge in [0.2, 0.25) is 0 Å². The number of aliphatic imine (C=N–C) groups is 1. The molecule has 0 atom stereocenters. The van der Waals surface area contributed by atoms with Gasteiger partial charge in [0, 0.05) is 25.8 Å². The van der Waals surface area contributed by atoms with Crippen LogP contribution in [0.15, 0.2) is 17.4 Å². The van der Waals surface area contributed by atoms with E-state index in [1.54, 1.807) is 0 Å². The van der Waals surface area contributed by atoms with Gasteiger partial charge in [-0.3, -0.25) is 9.67 Å². The molecule has 2 heterocycles. The van der Waals surface area contributed by atoms with Crippen molar-refractivity contribution in [2.75, 3.05) is 18.4 Å². The molecule has 76 valence electrons. The standard InChI is InChI=1S/C9H15N5/c1-2-14-7-8(6-12-14)13-9-10-4-3-5-11-9/h6-7H,2-5H2,1H3,(H2,10,11,13). The molecule has 0 aromatic carbocycles. The van der Waals surface area contributed by atoms with Crippen molar-refractivity contribution < 1.29 is 0 Å². The average molecular weight is 193 g/mol. The molecule has 2 rings (SSSR count). The minimum Gasteiger partial charge on any atom is -0.356 e. The average Bonchev–Trinajstić information content (AvgIpc) is 2.67. The van der Waals surface area contributed by atoms with Crippen molar-refractivity contribution in [3.8, 4) is 0 Å². The van der Waals surface area contributed by atoms with Gasteiger partial charge < -0.3 is 10.6 Å². The smallest absolute Gasteiger partial charge is 0.195 e. The third-order valence-corrected chi connectivity index (χ3v) is 2.12. The normalized spacial score (nSPS) is 15.9. The Labute approximate surface area is 83.2 Å². The highest BCUT2D eigenvalue weighted by Gasteiger charge is 2.04. The van der Waals surface area contributed by atoms with Gasteiger partial charge in [0.05, 0.1) is 11.9 Å². The van der Waals surface area contributed by atoms with Gasteiger partial charge >= 0.3 is 0 Å². The zero-order valence-electron chi connectivity index (χ0n) is 8.32. The highest BCUT2D eigenvalue weighted by atomic mass is 15.3. The summed E-state index contributed by atoms with van der Waals surface area (Å²) >= 11 is 0. The highest BCUT2D eigenvalue weighted by Crippen LogP contribution is 2.04. The third kappa shape index (κ3) is 2.04. The van der Waals surface area contributed by atoms with E-state index in [1.165, 1.54) is 0 Å². The van der Waals surface area contributed by atoms with Gasteiger partial charge in [-0.25, -0.2) is 0 Å². The SMILES string of the molecule is CCn1cc(NC2=NCCCN2)cn1. The van der Waals surface area contributed by atoms with Crippen LogP contribution in [0.5, 0.6) is 0 Å². The van der Waals surface area contributed by atoms with E-state index in [0.717, 1.165) is 37.7 Å². The van der Waals surface area contributed by atoms with Gasteiger partial charge in [0.15, 0.2) is 5.96 Å². The van der Waals surface area contributed by atoms with Crippen LogP contribution in [-0.2, 0) is 6.54 Å². The summed E-state index contributed by atoms with van der Waals surface area (Å²) in [5.74, 6) is 0.854. The van der Waals surface area contributed by atoms with E-state index in [0.29, 0.717) is 0 Å². The van der Waals surface area contributed by atoms with Crippen molar-refractivity contribution in [1.82, 2.24) is 15.1 Å². The van der Waals surface area contributed by atoms with Crippen molar-refractivity contribution >= 4 is 11.6 Å². The summed E-state index contributed by atoms with van der Waals surface area (Å²) in [5.41, 5.74) is 0.986. The molecule has 5 heteroatoms. The molecule has 1 aliphatic rings. The molecule has 0 fully saturated rings. The Morgan fingerprint density at radius 2 is 2.57 bits per heavy atom. The Morgan fingerprint density at radius 3 is 3.21 bits per heavy atom. The van der Waals surface area contributed by atoms with E-state index in [-0.39, 0.29) is 0 Å². The summed E-state index contributed by atoms with van der Waals surface area (Å²) in [7, 11) is 0. The summed E-state index contributed by atoms with van der Waals surface area (Å²) in [4.78, 5) is 4.32. The maximum Gasteiger partial charge on any atom is 0.195 e. The van der Waals surface area contributed by atoms with Crippen LogP contribution >= 0.6 is 0 Å². The molecule has 0 spiro atoms. The molecule has 0 aliphatic carbocycles. The zero-order valence-corrected chi connectivity index (χ0v) is 8.32. The predicted octanol–water partition coefficient (Wildman–Crippen LogP) is 0.664. The van der Waals surface area contributed by atoms with Crippen molar-refractivity contribution in [3.05, 3.63) is 12.4 Å². The van der Waals surface area contributed by atoms with Crippen molar-refractivity contribution in [2.45, 2.75) is 19.9 Å². The number of guanidine groups is 1. The fourth-order valence-electron chi connectivity index (χ4n) is 1.35. The van der Waals surface area contributed by atoms with E-state index in [1.807, 2.05) is 17.1 Å². The van der Waals surface area contributed by atoms with Crippen LogP contribution in [0.1, 0.15) is 13.3 Å². The molecule has 0 radical (unpaired) electrons. The maximum absolute atomic E-state index is 4.32. The van der Waals surface area contributed by atoms with Gasteiger partial charge in [-0.05, 0) is 13.3 Å². The quantitative estimate of drug-likeness (QED) is 0.725. The van der Waals surface area contributed by atoms with Gasteiger partial charge in [-0.1, -0.05) is 0 Å². The molecular weight excluding hydrogens is 178 g/mol. The van der Waals surface area contributed by atoms with Crippen LogP contribution < -0.4 is 10.6 Å². The number of aryl methyl sites for hydroxylation is 1. The van der Waals surface area contributed by atoms with E-state index < -0.39 is 0 Å². The van der Waals surface area contributed by atoms with Crippen LogP contribution in [0.2, 0.25) is 0 Å². The molecule has 1 aromatic rings. The summed E-state index contributed by atoms with van der Waals surface area (Å²) in [6.07, 6.45) is 4.89. The Kier molecular flexibility index (Phi) is 2.67. The molecule has 0 bridgehead atoms. The fraction of sp³-hybridized carbons (Fsp3) is 0.556. The van der Waals surface area contributed by atoms with E-state index >= 15 is 0 Å². The summed E-state index contributed by atoms with van der Waals surface area (Å²) in [6, 6.07) is 0. The second-order valence-corrected chi connectivity index (χ2v) is 3.22. The van der Waals surface area contributed by atoms with E-state index in [4.69, 9.17) is 0 Å². The van der Waals surface area contributed by atoms with Crippen LogP contribution in [0.4, 0.5) is 5.69 Å². The number of anilines is 1. The first-order chi connectivity index (χ1) is 6.88. The first-order valence-electron chi connectivity index (χ1n) is 4.96. The molecular formula is C9H15N5. The Morgan fingerprint density at radius 1 is 1.64 bits per heavy atom. The van der Waals surface area contributed by atoms with Crippen LogP contribution in [0.3, 0.4) is 0 Å².